The molecule has 2 aliphatic rings. The van der Waals surface area contributed by atoms with Gasteiger partial charge in [-0.3, -0.25) is 4.79 Å². The third kappa shape index (κ3) is 5.39. The van der Waals surface area contributed by atoms with Gasteiger partial charge >= 0.3 is 0 Å². The Morgan fingerprint density at radius 1 is 0.906 bits per heavy atom. The smallest absolute Gasteiger partial charge is 0.243 e. The largest absolute Gasteiger partial charge is 0.379 e. The van der Waals surface area contributed by atoms with E-state index < -0.39 is 10.0 Å². The summed E-state index contributed by atoms with van der Waals surface area (Å²) in [6, 6.07) is 14.2. The van der Waals surface area contributed by atoms with Crippen molar-refractivity contribution < 1.29 is 22.7 Å². The number of carbonyl (C=O) groups excluding carboxylic acids is 1. The van der Waals surface area contributed by atoms with E-state index in [0.717, 1.165) is 5.69 Å². The number of morpholine rings is 2. The van der Waals surface area contributed by atoms with Crippen LogP contribution in [-0.4, -0.2) is 77.8 Å². The number of benzene rings is 2. The molecule has 2 aromatic carbocycles. The quantitative estimate of drug-likeness (QED) is 0.647. The van der Waals surface area contributed by atoms with Crippen LogP contribution in [0.4, 0.5) is 17.1 Å². The molecular formula is C22H28N4O5S. The molecule has 0 bridgehead atoms. The average molecular weight is 461 g/mol. The first-order valence-electron chi connectivity index (χ1n) is 10.7. The fourth-order valence-corrected chi connectivity index (χ4v) is 5.17. The molecule has 2 heterocycles. The minimum Gasteiger partial charge on any atom is -0.379 e. The number of carbonyl (C=O) groups is 1. The number of nitrogens with one attached hydrogen (secondary N) is 2. The van der Waals surface area contributed by atoms with Crippen LogP contribution in [0.1, 0.15) is 0 Å². The first kappa shape index (κ1) is 22.5. The van der Waals surface area contributed by atoms with E-state index in [1.165, 1.54) is 4.31 Å². The van der Waals surface area contributed by atoms with Gasteiger partial charge in [-0.1, -0.05) is 18.2 Å². The Labute approximate surface area is 188 Å². The molecule has 32 heavy (non-hydrogen) atoms. The number of anilines is 3. The normalized spacial score (nSPS) is 17.7. The van der Waals surface area contributed by atoms with Gasteiger partial charge in [-0.05, 0) is 30.3 Å². The number of hydrogen-bond donors (Lipinski definition) is 2. The summed E-state index contributed by atoms with van der Waals surface area (Å²) in [5.41, 5.74) is 2.16. The van der Waals surface area contributed by atoms with Gasteiger partial charge in [0.1, 0.15) is 0 Å². The summed E-state index contributed by atoms with van der Waals surface area (Å²) in [4.78, 5) is 14.8. The molecule has 0 radical (unpaired) electrons. The molecule has 2 aliphatic heterocycles. The topological polar surface area (TPSA) is 100 Å². The third-order valence-corrected chi connectivity index (χ3v) is 7.32. The third-order valence-electron chi connectivity index (χ3n) is 5.42. The lowest BCUT2D eigenvalue weighted by atomic mass is 10.2. The van der Waals surface area contributed by atoms with E-state index in [0.29, 0.717) is 64.0 Å². The van der Waals surface area contributed by atoms with Crippen LogP contribution < -0.4 is 15.5 Å². The molecule has 0 saturated carbocycles. The van der Waals surface area contributed by atoms with Crippen molar-refractivity contribution in [1.29, 1.82) is 0 Å². The van der Waals surface area contributed by atoms with Gasteiger partial charge < -0.3 is 25.0 Å². The van der Waals surface area contributed by atoms with E-state index in [1.54, 1.807) is 18.2 Å². The Morgan fingerprint density at radius 3 is 2.25 bits per heavy atom. The number of nitrogens with zero attached hydrogens (tertiary/aromatic N) is 2. The Bertz CT molecular complexity index is 1020. The maximum atomic E-state index is 13.1. The van der Waals surface area contributed by atoms with E-state index in [1.807, 2.05) is 30.3 Å². The summed E-state index contributed by atoms with van der Waals surface area (Å²) in [5, 5.41) is 5.98. The molecule has 0 atom stereocenters. The molecular weight excluding hydrogens is 432 g/mol. The van der Waals surface area contributed by atoms with Crippen molar-refractivity contribution in [3.05, 3.63) is 48.5 Å². The van der Waals surface area contributed by atoms with Gasteiger partial charge in [-0.15, -0.1) is 0 Å². The molecule has 2 saturated heterocycles. The second-order valence-electron chi connectivity index (χ2n) is 7.56. The van der Waals surface area contributed by atoms with Crippen molar-refractivity contribution in [3.8, 4) is 0 Å². The first-order valence-corrected chi connectivity index (χ1v) is 12.1. The van der Waals surface area contributed by atoms with Crippen LogP contribution >= 0.6 is 0 Å². The van der Waals surface area contributed by atoms with E-state index in [4.69, 9.17) is 9.47 Å². The van der Waals surface area contributed by atoms with Crippen molar-refractivity contribution >= 4 is 33.0 Å². The number of hydrogen-bond acceptors (Lipinski definition) is 7. The Morgan fingerprint density at radius 2 is 1.56 bits per heavy atom. The molecule has 0 aliphatic carbocycles. The maximum absolute atomic E-state index is 13.1. The molecule has 2 N–H and O–H groups in total. The van der Waals surface area contributed by atoms with Gasteiger partial charge in [-0.2, -0.15) is 4.31 Å². The molecule has 0 unspecified atom stereocenters. The highest BCUT2D eigenvalue weighted by molar-refractivity contribution is 7.89. The van der Waals surface area contributed by atoms with Crippen molar-refractivity contribution in [2.75, 3.05) is 74.7 Å². The molecule has 9 nitrogen and oxygen atoms in total. The summed E-state index contributed by atoms with van der Waals surface area (Å²) >= 11 is 0. The maximum Gasteiger partial charge on any atom is 0.243 e. The Kier molecular flexibility index (Phi) is 7.26. The highest BCUT2D eigenvalue weighted by Crippen LogP contribution is 2.31. The molecule has 2 fully saturated rings. The Hall–Kier alpha value is -2.66. The molecule has 10 heteroatoms. The summed E-state index contributed by atoms with van der Waals surface area (Å²) in [6.07, 6.45) is 0. The summed E-state index contributed by atoms with van der Waals surface area (Å²) in [7, 11) is -3.65. The monoisotopic (exact) mass is 460 g/mol. The highest BCUT2D eigenvalue weighted by Gasteiger charge is 2.27. The molecule has 0 aromatic heterocycles. The van der Waals surface area contributed by atoms with Gasteiger partial charge in [0.2, 0.25) is 15.9 Å². The minimum absolute atomic E-state index is 0.00723. The lowest BCUT2D eigenvalue weighted by molar-refractivity contribution is -0.114. The van der Waals surface area contributed by atoms with Gasteiger partial charge in [-0.25, -0.2) is 8.42 Å². The zero-order valence-electron chi connectivity index (χ0n) is 17.8. The van der Waals surface area contributed by atoms with E-state index >= 15 is 0 Å². The van der Waals surface area contributed by atoms with Crippen LogP contribution in [0, 0.1) is 0 Å². The van der Waals surface area contributed by atoms with Gasteiger partial charge in [0, 0.05) is 31.9 Å². The van der Waals surface area contributed by atoms with Crippen molar-refractivity contribution in [2.24, 2.45) is 0 Å². The minimum atomic E-state index is -3.65. The zero-order chi connectivity index (χ0) is 22.4. The highest BCUT2D eigenvalue weighted by atomic mass is 32.2. The van der Waals surface area contributed by atoms with Crippen molar-refractivity contribution in [1.82, 2.24) is 4.31 Å². The molecule has 4 rings (SSSR count). The van der Waals surface area contributed by atoms with Crippen LogP contribution in [0.2, 0.25) is 0 Å². The molecule has 2 aromatic rings. The predicted molar refractivity (Wildman–Crippen MR) is 123 cm³/mol. The van der Waals surface area contributed by atoms with Crippen molar-refractivity contribution in [3.63, 3.8) is 0 Å². The van der Waals surface area contributed by atoms with E-state index in [9.17, 15) is 13.2 Å². The standard InChI is InChI=1S/C22H28N4O5S/c27-22(24-18-4-2-1-3-5-18)17-23-20-16-19(32(28,29)26-10-14-31-15-11-26)6-7-21(20)25-8-12-30-13-9-25/h1-7,16,23H,8-15,17H2,(H,24,27). The first-order chi connectivity index (χ1) is 15.5. The SMILES string of the molecule is O=C(CNc1cc(S(=O)(=O)N2CCOCC2)ccc1N1CCOCC1)Nc1ccccc1. The van der Waals surface area contributed by atoms with Crippen molar-refractivity contribution in [2.45, 2.75) is 4.90 Å². The van der Waals surface area contributed by atoms with E-state index in [2.05, 4.69) is 15.5 Å². The predicted octanol–water partition coefficient (Wildman–Crippen LogP) is 1.59. The van der Waals surface area contributed by atoms with Gasteiger partial charge in [0.15, 0.2) is 0 Å². The second-order valence-corrected chi connectivity index (χ2v) is 9.50. The van der Waals surface area contributed by atoms with Crippen LogP contribution in [0.25, 0.3) is 0 Å². The summed E-state index contributed by atoms with van der Waals surface area (Å²) in [6.45, 7) is 4.02. The number of amides is 1. The molecule has 1 amide bonds. The van der Waals surface area contributed by atoms with Crippen LogP contribution in [0.5, 0.6) is 0 Å². The van der Waals surface area contributed by atoms with Gasteiger partial charge in [0.25, 0.3) is 0 Å². The lowest BCUT2D eigenvalue weighted by Crippen LogP contribution is -2.40. The van der Waals surface area contributed by atoms with Gasteiger partial charge in [0.05, 0.1) is 49.2 Å². The fourth-order valence-electron chi connectivity index (χ4n) is 3.74. The van der Waals surface area contributed by atoms with Crippen LogP contribution in [0.15, 0.2) is 53.4 Å². The zero-order valence-corrected chi connectivity index (χ0v) is 18.6. The van der Waals surface area contributed by atoms with Crippen LogP contribution in [-0.2, 0) is 24.3 Å². The Balaban J connectivity index is 1.55. The summed E-state index contributed by atoms with van der Waals surface area (Å²) in [5.74, 6) is -0.217. The number of sulfonamides is 1. The number of rotatable bonds is 7. The summed E-state index contributed by atoms with van der Waals surface area (Å²) < 4.78 is 38.4. The average Bonchev–Trinajstić information content (AvgIpc) is 2.84. The fraction of sp³-hybridized carbons (Fsp3) is 0.409. The molecule has 0 spiro atoms. The lowest BCUT2D eigenvalue weighted by Gasteiger charge is -2.31. The number of ether oxygens (including phenoxy) is 2. The second kappa shape index (κ2) is 10.3. The molecule has 172 valence electrons. The number of para-hydroxylation sites is 1. The van der Waals surface area contributed by atoms with E-state index in [-0.39, 0.29) is 17.3 Å². The van der Waals surface area contributed by atoms with Crippen LogP contribution in [0.3, 0.4) is 0 Å².